The SMILES string of the molecule is CCC(NC(=O)NCC1CCN(CCOC)C1)c1ccc(OC)cc1. The van der Waals surface area contributed by atoms with Gasteiger partial charge in [0.15, 0.2) is 0 Å². The molecule has 6 heteroatoms. The second-order valence-electron chi connectivity index (χ2n) is 6.54. The van der Waals surface area contributed by atoms with E-state index in [9.17, 15) is 4.79 Å². The summed E-state index contributed by atoms with van der Waals surface area (Å²) in [6.45, 7) is 6.63. The van der Waals surface area contributed by atoms with Gasteiger partial charge in [0.1, 0.15) is 5.75 Å². The number of urea groups is 1. The summed E-state index contributed by atoms with van der Waals surface area (Å²) in [7, 11) is 3.38. The van der Waals surface area contributed by atoms with E-state index in [1.807, 2.05) is 24.3 Å². The Hall–Kier alpha value is -1.79. The standard InChI is InChI=1S/C19H31N3O3/c1-4-18(16-5-7-17(25-3)8-6-16)21-19(23)20-13-15-9-10-22(14-15)11-12-24-2/h5-8,15,18H,4,9-14H2,1-3H3,(H2,20,21,23). The van der Waals surface area contributed by atoms with Crippen molar-refractivity contribution < 1.29 is 14.3 Å². The highest BCUT2D eigenvalue weighted by atomic mass is 16.5. The Morgan fingerprint density at radius 3 is 2.72 bits per heavy atom. The van der Waals surface area contributed by atoms with Crippen LogP contribution in [0, 0.1) is 5.92 Å². The van der Waals surface area contributed by atoms with Gasteiger partial charge in [-0.15, -0.1) is 0 Å². The van der Waals surface area contributed by atoms with E-state index in [1.165, 1.54) is 0 Å². The fraction of sp³-hybridized carbons (Fsp3) is 0.632. The zero-order valence-electron chi connectivity index (χ0n) is 15.6. The highest BCUT2D eigenvalue weighted by Gasteiger charge is 2.22. The fourth-order valence-electron chi connectivity index (χ4n) is 3.21. The maximum Gasteiger partial charge on any atom is 0.315 e. The van der Waals surface area contributed by atoms with Crippen LogP contribution in [0.2, 0.25) is 0 Å². The molecule has 1 aromatic carbocycles. The van der Waals surface area contributed by atoms with Crippen molar-refractivity contribution in [2.45, 2.75) is 25.8 Å². The normalized spacial score (nSPS) is 18.8. The summed E-state index contributed by atoms with van der Waals surface area (Å²) >= 11 is 0. The van der Waals surface area contributed by atoms with E-state index in [0.29, 0.717) is 12.5 Å². The molecule has 2 amide bonds. The minimum Gasteiger partial charge on any atom is -0.497 e. The summed E-state index contributed by atoms with van der Waals surface area (Å²) in [6.07, 6.45) is 1.97. The molecule has 0 spiro atoms. The summed E-state index contributed by atoms with van der Waals surface area (Å²) in [5, 5.41) is 6.09. The molecule has 1 aliphatic rings. The Balaban J connectivity index is 1.74. The number of amides is 2. The lowest BCUT2D eigenvalue weighted by Gasteiger charge is -2.19. The molecule has 0 aliphatic carbocycles. The van der Waals surface area contributed by atoms with Crippen LogP contribution in [0.3, 0.4) is 0 Å². The van der Waals surface area contributed by atoms with E-state index < -0.39 is 0 Å². The summed E-state index contributed by atoms with van der Waals surface area (Å²) in [5.41, 5.74) is 1.09. The molecule has 1 aromatic rings. The second-order valence-corrected chi connectivity index (χ2v) is 6.54. The predicted molar refractivity (Wildman–Crippen MR) is 99.0 cm³/mol. The molecule has 2 rings (SSSR count). The first kappa shape index (κ1) is 19.5. The summed E-state index contributed by atoms with van der Waals surface area (Å²) in [5.74, 6) is 1.34. The lowest BCUT2D eigenvalue weighted by Crippen LogP contribution is -2.40. The van der Waals surface area contributed by atoms with Crippen LogP contribution in [0.25, 0.3) is 0 Å². The van der Waals surface area contributed by atoms with Crippen LogP contribution in [-0.4, -0.2) is 57.9 Å². The van der Waals surface area contributed by atoms with Crippen molar-refractivity contribution >= 4 is 6.03 Å². The van der Waals surface area contributed by atoms with Gasteiger partial charge in [-0.05, 0) is 43.0 Å². The quantitative estimate of drug-likeness (QED) is 0.719. The van der Waals surface area contributed by atoms with E-state index in [4.69, 9.17) is 9.47 Å². The van der Waals surface area contributed by atoms with E-state index in [-0.39, 0.29) is 12.1 Å². The van der Waals surface area contributed by atoms with E-state index >= 15 is 0 Å². The molecule has 1 fully saturated rings. The molecular weight excluding hydrogens is 318 g/mol. The van der Waals surface area contributed by atoms with Gasteiger partial charge in [0, 0.05) is 26.7 Å². The van der Waals surface area contributed by atoms with Crippen LogP contribution in [0.15, 0.2) is 24.3 Å². The number of carbonyl (C=O) groups excluding carboxylic acids is 1. The average Bonchev–Trinajstić information content (AvgIpc) is 3.10. The molecule has 0 aromatic heterocycles. The predicted octanol–water partition coefficient (Wildman–Crippen LogP) is 2.41. The number of benzene rings is 1. The Kier molecular flexibility index (Phi) is 8.01. The molecular formula is C19H31N3O3. The van der Waals surface area contributed by atoms with Crippen LogP contribution in [0.1, 0.15) is 31.4 Å². The highest BCUT2D eigenvalue weighted by Crippen LogP contribution is 2.20. The van der Waals surface area contributed by atoms with Gasteiger partial charge in [-0.2, -0.15) is 0 Å². The first-order valence-corrected chi connectivity index (χ1v) is 9.05. The third-order valence-corrected chi connectivity index (χ3v) is 4.76. The monoisotopic (exact) mass is 349 g/mol. The molecule has 2 unspecified atom stereocenters. The van der Waals surface area contributed by atoms with Crippen molar-refractivity contribution in [3.8, 4) is 5.75 Å². The first-order chi connectivity index (χ1) is 12.2. The van der Waals surface area contributed by atoms with Gasteiger partial charge < -0.3 is 25.0 Å². The number of nitrogens with one attached hydrogen (secondary N) is 2. The third-order valence-electron chi connectivity index (χ3n) is 4.76. The molecule has 0 bridgehead atoms. The Morgan fingerprint density at radius 2 is 2.08 bits per heavy atom. The summed E-state index contributed by atoms with van der Waals surface area (Å²) < 4.78 is 10.3. The van der Waals surface area contributed by atoms with Crippen LogP contribution in [0.4, 0.5) is 4.79 Å². The van der Waals surface area contributed by atoms with Gasteiger partial charge in [0.25, 0.3) is 0 Å². The highest BCUT2D eigenvalue weighted by molar-refractivity contribution is 5.74. The van der Waals surface area contributed by atoms with Crippen molar-refractivity contribution in [2.75, 3.05) is 47.0 Å². The Bertz CT molecular complexity index is 521. The van der Waals surface area contributed by atoms with Gasteiger partial charge >= 0.3 is 6.03 Å². The largest absolute Gasteiger partial charge is 0.497 e. The van der Waals surface area contributed by atoms with Gasteiger partial charge in [0.2, 0.25) is 0 Å². The number of rotatable bonds is 9. The minimum absolute atomic E-state index is 0.00712. The lowest BCUT2D eigenvalue weighted by molar-refractivity contribution is 0.159. The Morgan fingerprint density at radius 1 is 1.32 bits per heavy atom. The van der Waals surface area contributed by atoms with Crippen molar-refractivity contribution in [1.82, 2.24) is 15.5 Å². The summed E-state index contributed by atoms with van der Waals surface area (Å²) in [6, 6.07) is 7.75. The van der Waals surface area contributed by atoms with Crippen molar-refractivity contribution in [3.05, 3.63) is 29.8 Å². The molecule has 1 heterocycles. The maximum atomic E-state index is 12.2. The minimum atomic E-state index is -0.0991. The number of methoxy groups -OCH3 is 2. The molecule has 2 N–H and O–H groups in total. The van der Waals surface area contributed by atoms with Gasteiger partial charge in [-0.3, -0.25) is 0 Å². The molecule has 6 nitrogen and oxygen atoms in total. The van der Waals surface area contributed by atoms with Gasteiger partial charge in [-0.25, -0.2) is 4.79 Å². The third kappa shape index (κ3) is 6.21. The van der Waals surface area contributed by atoms with Crippen LogP contribution >= 0.6 is 0 Å². The number of hydrogen-bond acceptors (Lipinski definition) is 4. The summed E-state index contributed by atoms with van der Waals surface area (Å²) in [4.78, 5) is 14.6. The second kappa shape index (κ2) is 10.3. The van der Waals surface area contributed by atoms with E-state index in [0.717, 1.165) is 50.4 Å². The molecule has 25 heavy (non-hydrogen) atoms. The van der Waals surface area contributed by atoms with Crippen LogP contribution in [-0.2, 0) is 4.74 Å². The molecule has 0 saturated carbocycles. The van der Waals surface area contributed by atoms with Gasteiger partial charge in [-0.1, -0.05) is 19.1 Å². The molecule has 0 radical (unpaired) electrons. The van der Waals surface area contributed by atoms with E-state index in [1.54, 1.807) is 14.2 Å². The maximum absolute atomic E-state index is 12.2. The number of hydrogen-bond donors (Lipinski definition) is 2. The topological polar surface area (TPSA) is 62.8 Å². The van der Waals surface area contributed by atoms with Crippen molar-refractivity contribution in [2.24, 2.45) is 5.92 Å². The zero-order valence-corrected chi connectivity index (χ0v) is 15.6. The van der Waals surface area contributed by atoms with Crippen molar-refractivity contribution in [1.29, 1.82) is 0 Å². The zero-order chi connectivity index (χ0) is 18.1. The number of nitrogens with zero attached hydrogens (tertiary/aromatic N) is 1. The number of likely N-dealkylation sites (tertiary alicyclic amines) is 1. The average molecular weight is 349 g/mol. The molecule has 1 saturated heterocycles. The fourth-order valence-corrected chi connectivity index (χ4v) is 3.21. The van der Waals surface area contributed by atoms with Crippen LogP contribution < -0.4 is 15.4 Å². The first-order valence-electron chi connectivity index (χ1n) is 9.05. The molecule has 140 valence electrons. The van der Waals surface area contributed by atoms with E-state index in [2.05, 4.69) is 22.5 Å². The molecule has 1 aliphatic heterocycles. The Labute approximate surface area is 150 Å². The number of ether oxygens (including phenoxy) is 2. The van der Waals surface area contributed by atoms with Crippen LogP contribution in [0.5, 0.6) is 5.75 Å². The van der Waals surface area contributed by atoms with Crippen molar-refractivity contribution in [3.63, 3.8) is 0 Å². The molecule has 2 atom stereocenters. The smallest absolute Gasteiger partial charge is 0.315 e. The lowest BCUT2D eigenvalue weighted by atomic mass is 10.0. The number of carbonyl (C=O) groups is 1. The van der Waals surface area contributed by atoms with Gasteiger partial charge in [0.05, 0.1) is 19.8 Å².